The number of nitrogens with zero attached hydrogens (tertiary/aromatic N) is 2. The molecule has 2 bridgehead atoms. The number of amides is 3. The van der Waals surface area contributed by atoms with Crippen molar-refractivity contribution in [2.45, 2.75) is 82.5 Å². The second-order valence-electron chi connectivity index (χ2n) is 11.0. The molecule has 0 spiro atoms. The molecule has 3 aliphatic heterocycles. The zero-order valence-corrected chi connectivity index (χ0v) is 22.3. The molecule has 3 saturated heterocycles. The molecule has 0 unspecified atom stereocenters. The van der Waals surface area contributed by atoms with Gasteiger partial charge in [-0.2, -0.15) is 5.26 Å². The summed E-state index contributed by atoms with van der Waals surface area (Å²) in [6, 6.07) is 4.89. The number of hydrogen-bond acceptors (Lipinski definition) is 5. The number of hydrogen-bond donors (Lipinski definition) is 3. The van der Waals surface area contributed by atoms with Crippen LogP contribution >= 0.6 is 11.6 Å². The van der Waals surface area contributed by atoms with Crippen LogP contribution < -0.4 is 16.0 Å². The van der Waals surface area contributed by atoms with Gasteiger partial charge in [-0.25, -0.2) is 8.78 Å². The van der Waals surface area contributed by atoms with Crippen LogP contribution in [0.15, 0.2) is 24.3 Å². The van der Waals surface area contributed by atoms with E-state index in [0.717, 1.165) is 0 Å². The molecule has 1 aliphatic carbocycles. The quantitative estimate of drug-likeness (QED) is 0.434. The highest BCUT2D eigenvalue weighted by Gasteiger charge is 2.61. The number of alkyl halides is 2. The third-order valence-corrected chi connectivity index (χ3v) is 8.02. The molecule has 38 heavy (non-hydrogen) atoms. The van der Waals surface area contributed by atoms with Crippen LogP contribution in [0.1, 0.15) is 52.4 Å². The number of nitrogens with one attached hydrogen (secondary N) is 3. The highest BCUT2D eigenvalue weighted by Crippen LogP contribution is 2.49. The topological polar surface area (TPSA) is 114 Å². The van der Waals surface area contributed by atoms with Crippen LogP contribution in [0, 0.1) is 29.1 Å². The molecule has 3 N–H and O–H groups in total. The van der Waals surface area contributed by atoms with E-state index in [1.165, 1.54) is 4.90 Å². The minimum absolute atomic E-state index is 0.0888. The SMILES string of the molecule is CC(C)C[C@H](Nc1cccc(Cl)c1)C(=O)N1[C@@H]2CC[C@H]([C@@H]1C(=O)N[C@@H](C#N)C[C@@H]1CCNC1=O)C(F)(F)C2. The van der Waals surface area contributed by atoms with Crippen LogP contribution in [-0.4, -0.2) is 59.3 Å². The predicted octanol–water partition coefficient (Wildman–Crippen LogP) is 3.72. The van der Waals surface area contributed by atoms with E-state index in [-0.39, 0.29) is 24.7 Å². The molecular weight excluding hydrogens is 516 g/mol. The Labute approximate surface area is 226 Å². The minimum atomic E-state index is -3.11. The largest absolute Gasteiger partial charge is 0.374 e. The van der Waals surface area contributed by atoms with Gasteiger partial charge in [0.15, 0.2) is 0 Å². The minimum Gasteiger partial charge on any atom is -0.374 e. The van der Waals surface area contributed by atoms with Crippen molar-refractivity contribution in [3.8, 4) is 6.07 Å². The summed E-state index contributed by atoms with van der Waals surface area (Å²) in [6.07, 6.45) is 1.04. The Morgan fingerprint density at radius 2 is 2.05 bits per heavy atom. The van der Waals surface area contributed by atoms with Gasteiger partial charge >= 0.3 is 0 Å². The van der Waals surface area contributed by atoms with Crippen LogP contribution in [-0.2, 0) is 14.4 Å². The van der Waals surface area contributed by atoms with E-state index < -0.39 is 60.2 Å². The molecule has 3 amide bonds. The Morgan fingerprint density at radius 3 is 2.66 bits per heavy atom. The van der Waals surface area contributed by atoms with Gasteiger partial charge in [0.05, 0.1) is 12.0 Å². The highest BCUT2D eigenvalue weighted by atomic mass is 35.5. The maximum atomic E-state index is 15.1. The normalized spacial score (nSPS) is 27.4. The zero-order chi connectivity index (χ0) is 27.6. The van der Waals surface area contributed by atoms with E-state index in [4.69, 9.17) is 11.6 Å². The molecule has 4 fully saturated rings. The number of fused-ring (bicyclic) bond motifs is 3. The molecule has 11 heteroatoms. The van der Waals surface area contributed by atoms with E-state index in [1.54, 1.807) is 24.3 Å². The number of carbonyl (C=O) groups is 3. The summed E-state index contributed by atoms with van der Waals surface area (Å²) in [5.41, 5.74) is 0.615. The number of halogens is 3. The van der Waals surface area contributed by atoms with Gasteiger partial charge in [0.2, 0.25) is 17.7 Å². The van der Waals surface area contributed by atoms with Gasteiger partial charge in [0.25, 0.3) is 5.92 Å². The maximum Gasteiger partial charge on any atom is 0.255 e. The van der Waals surface area contributed by atoms with Crippen molar-refractivity contribution in [3.63, 3.8) is 0 Å². The summed E-state index contributed by atoms with van der Waals surface area (Å²) >= 11 is 6.12. The molecule has 6 atom stereocenters. The fourth-order valence-electron chi connectivity index (χ4n) is 6.03. The van der Waals surface area contributed by atoms with Crippen molar-refractivity contribution in [3.05, 3.63) is 29.3 Å². The zero-order valence-electron chi connectivity index (χ0n) is 21.6. The average molecular weight is 550 g/mol. The van der Waals surface area contributed by atoms with Gasteiger partial charge < -0.3 is 20.9 Å². The fourth-order valence-corrected chi connectivity index (χ4v) is 6.22. The number of nitriles is 1. The lowest BCUT2D eigenvalue weighted by atomic mass is 9.71. The molecule has 1 aromatic carbocycles. The monoisotopic (exact) mass is 549 g/mol. The second kappa shape index (κ2) is 11.4. The number of benzene rings is 1. The number of carbonyl (C=O) groups excluding carboxylic acids is 3. The van der Waals surface area contributed by atoms with Crippen molar-refractivity contribution in [2.75, 3.05) is 11.9 Å². The van der Waals surface area contributed by atoms with E-state index in [2.05, 4.69) is 16.0 Å². The van der Waals surface area contributed by atoms with Crippen LogP contribution in [0.25, 0.3) is 0 Å². The van der Waals surface area contributed by atoms with Crippen LogP contribution in [0.5, 0.6) is 0 Å². The Hall–Kier alpha value is -2.93. The van der Waals surface area contributed by atoms with E-state index in [9.17, 15) is 19.6 Å². The lowest BCUT2D eigenvalue weighted by Gasteiger charge is -2.54. The van der Waals surface area contributed by atoms with Gasteiger partial charge in [-0.3, -0.25) is 14.4 Å². The first-order valence-electron chi connectivity index (χ1n) is 13.2. The third-order valence-electron chi connectivity index (χ3n) is 7.78. The molecule has 5 rings (SSSR count). The smallest absolute Gasteiger partial charge is 0.255 e. The molecule has 1 aromatic rings. The van der Waals surface area contributed by atoms with Gasteiger partial charge in [-0.15, -0.1) is 0 Å². The molecule has 0 aromatic heterocycles. The molecule has 3 heterocycles. The average Bonchev–Trinajstić information content (AvgIpc) is 3.25. The van der Waals surface area contributed by atoms with Gasteiger partial charge in [-0.1, -0.05) is 31.5 Å². The van der Waals surface area contributed by atoms with Crippen molar-refractivity contribution in [1.82, 2.24) is 15.5 Å². The lowest BCUT2D eigenvalue weighted by molar-refractivity contribution is -0.194. The number of piperidine rings is 2. The van der Waals surface area contributed by atoms with Crippen LogP contribution in [0.3, 0.4) is 0 Å². The van der Waals surface area contributed by atoms with Crippen molar-refractivity contribution < 1.29 is 23.2 Å². The summed E-state index contributed by atoms with van der Waals surface area (Å²) in [5, 5.41) is 18.6. The summed E-state index contributed by atoms with van der Waals surface area (Å²) in [7, 11) is 0. The summed E-state index contributed by atoms with van der Waals surface area (Å²) in [6.45, 7) is 4.40. The van der Waals surface area contributed by atoms with Crippen LogP contribution in [0.2, 0.25) is 5.02 Å². The molecule has 8 nitrogen and oxygen atoms in total. The maximum absolute atomic E-state index is 15.1. The summed E-state index contributed by atoms with van der Waals surface area (Å²) in [4.78, 5) is 40.9. The number of anilines is 1. The standard InChI is InChI=1S/C27H34ClF2N5O3/c1-15(2)10-22(33-18-5-3-4-17(28)12-18)26(38)35-20-6-7-21(27(29,30)13-20)23(35)25(37)34-19(14-31)11-16-8-9-32-24(16)36/h3-5,12,15-16,19-23,33H,6-11,13H2,1-2H3,(H,32,36)(H,34,37)/t16-,19+,20+,21+,22-,23+/m0/s1. The molecular formula is C27H34ClF2N5O3. The molecule has 206 valence electrons. The van der Waals surface area contributed by atoms with Gasteiger partial charge in [-0.05, 0) is 56.2 Å². The fraction of sp³-hybridized carbons (Fsp3) is 0.630. The first-order valence-corrected chi connectivity index (χ1v) is 13.6. The first-order chi connectivity index (χ1) is 18.0. The molecule has 4 aliphatic rings. The Balaban J connectivity index is 1.59. The van der Waals surface area contributed by atoms with E-state index >= 15 is 8.78 Å². The van der Waals surface area contributed by atoms with E-state index in [0.29, 0.717) is 36.5 Å². The Morgan fingerprint density at radius 1 is 1.29 bits per heavy atom. The third kappa shape index (κ3) is 6.04. The van der Waals surface area contributed by atoms with Crippen molar-refractivity contribution in [1.29, 1.82) is 5.26 Å². The van der Waals surface area contributed by atoms with Gasteiger partial charge in [0, 0.05) is 35.6 Å². The Bertz CT molecular complexity index is 1110. The van der Waals surface area contributed by atoms with Crippen molar-refractivity contribution in [2.24, 2.45) is 17.8 Å². The van der Waals surface area contributed by atoms with Crippen LogP contribution in [0.4, 0.5) is 14.5 Å². The second-order valence-corrected chi connectivity index (χ2v) is 11.5. The summed E-state index contributed by atoms with van der Waals surface area (Å²) in [5.74, 6) is -6.18. The first kappa shape index (κ1) is 28.1. The predicted molar refractivity (Wildman–Crippen MR) is 138 cm³/mol. The lowest BCUT2D eigenvalue weighted by Crippen LogP contribution is -2.70. The highest BCUT2D eigenvalue weighted by molar-refractivity contribution is 6.30. The molecule has 0 radical (unpaired) electrons. The molecule has 1 saturated carbocycles. The van der Waals surface area contributed by atoms with E-state index in [1.807, 2.05) is 19.9 Å². The van der Waals surface area contributed by atoms with Gasteiger partial charge in [0.1, 0.15) is 18.1 Å². The van der Waals surface area contributed by atoms with Crippen molar-refractivity contribution >= 4 is 35.0 Å². The Kier molecular flexibility index (Phi) is 8.46. The summed E-state index contributed by atoms with van der Waals surface area (Å²) < 4.78 is 30.2. The number of rotatable bonds is 9.